The molecule has 1 fully saturated rings. The van der Waals surface area contributed by atoms with Crippen LogP contribution in [0, 0.1) is 17.6 Å². The van der Waals surface area contributed by atoms with Gasteiger partial charge in [0.05, 0.1) is 0 Å². The molecule has 0 aliphatic carbocycles. The molecule has 22 heavy (non-hydrogen) atoms. The average molecular weight is 312 g/mol. The number of ether oxygens (including phenoxy) is 1. The highest BCUT2D eigenvalue weighted by Crippen LogP contribution is 2.20. The summed E-state index contributed by atoms with van der Waals surface area (Å²) in [5.74, 6) is -1.44. The normalized spacial score (nSPS) is 19.8. The van der Waals surface area contributed by atoms with E-state index in [0.29, 0.717) is 19.0 Å². The van der Waals surface area contributed by atoms with Crippen molar-refractivity contribution < 1.29 is 18.3 Å². The van der Waals surface area contributed by atoms with Gasteiger partial charge in [-0.3, -0.25) is 4.79 Å². The summed E-state index contributed by atoms with van der Waals surface area (Å²) >= 11 is 0. The Morgan fingerprint density at radius 3 is 2.91 bits per heavy atom. The molecule has 0 saturated carbocycles. The molecule has 2 atom stereocenters. The second kappa shape index (κ2) is 7.54. The lowest BCUT2D eigenvalue weighted by Gasteiger charge is -2.34. The molecule has 1 aromatic carbocycles. The predicted octanol–water partition coefficient (Wildman–Crippen LogP) is 2.19. The van der Waals surface area contributed by atoms with Gasteiger partial charge in [0, 0.05) is 19.2 Å². The summed E-state index contributed by atoms with van der Waals surface area (Å²) < 4.78 is 31.5. The van der Waals surface area contributed by atoms with E-state index in [4.69, 9.17) is 4.74 Å². The molecule has 1 saturated heterocycles. The van der Waals surface area contributed by atoms with Crippen molar-refractivity contribution in [3.8, 4) is 5.75 Å². The summed E-state index contributed by atoms with van der Waals surface area (Å²) in [5.41, 5.74) is 0. The van der Waals surface area contributed by atoms with Gasteiger partial charge in [-0.2, -0.15) is 0 Å². The van der Waals surface area contributed by atoms with Gasteiger partial charge in [-0.25, -0.2) is 8.78 Å². The van der Waals surface area contributed by atoms with Crippen LogP contribution in [0.5, 0.6) is 5.75 Å². The van der Waals surface area contributed by atoms with Crippen molar-refractivity contribution in [3.05, 3.63) is 29.8 Å². The summed E-state index contributed by atoms with van der Waals surface area (Å²) in [6.07, 6.45) is 1.34. The van der Waals surface area contributed by atoms with Crippen LogP contribution in [0.1, 0.15) is 19.8 Å². The number of nitrogens with one attached hydrogen (secondary N) is 1. The molecule has 0 spiro atoms. The van der Waals surface area contributed by atoms with E-state index in [2.05, 4.69) is 5.32 Å². The van der Waals surface area contributed by atoms with Crippen molar-refractivity contribution in [2.75, 3.05) is 26.7 Å². The van der Waals surface area contributed by atoms with Crippen molar-refractivity contribution in [1.82, 2.24) is 10.2 Å². The quantitative estimate of drug-likeness (QED) is 0.906. The van der Waals surface area contributed by atoms with E-state index in [9.17, 15) is 13.6 Å². The minimum atomic E-state index is -0.982. The van der Waals surface area contributed by atoms with Crippen LogP contribution in [0.15, 0.2) is 18.2 Å². The van der Waals surface area contributed by atoms with E-state index in [1.54, 1.807) is 11.8 Å². The summed E-state index contributed by atoms with van der Waals surface area (Å²) in [7, 11) is 1.90. The maximum Gasteiger partial charge on any atom is 0.263 e. The van der Waals surface area contributed by atoms with E-state index in [0.717, 1.165) is 31.5 Å². The van der Waals surface area contributed by atoms with Crippen molar-refractivity contribution in [1.29, 1.82) is 0 Å². The van der Waals surface area contributed by atoms with Gasteiger partial charge < -0.3 is 15.0 Å². The third kappa shape index (κ3) is 4.16. The second-order valence-corrected chi connectivity index (χ2v) is 5.69. The van der Waals surface area contributed by atoms with Crippen molar-refractivity contribution in [3.63, 3.8) is 0 Å². The Kier molecular flexibility index (Phi) is 5.71. The zero-order chi connectivity index (χ0) is 16.1. The molecule has 1 amide bonds. The lowest BCUT2D eigenvalue weighted by molar-refractivity contribution is -0.139. The van der Waals surface area contributed by atoms with Crippen LogP contribution < -0.4 is 10.1 Å². The fourth-order valence-corrected chi connectivity index (χ4v) is 2.78. The standard InChI is InChI=1S/C16H22F2N2O2/c1-11(22-13-5-6-14(17)15(18)8-13)16(21)20-7-3-4-12(10-20)9-19-2/h5-6,8,11-12,19H,3-4,7,9-10H2,1-2H3. The Bertz CT molecular complexity index is 523. The lowest BCUT2D eigenvalue weighted by Crippen LogP contribution is -2.47. The van der Waals surface area contributed by atoms with Crippen LogP contribution in [-0.4, -0.2) is 43.6 Å². The Hall–Kier alpha value is -1.69. The van der Waals surface area contributed by atoms with Gasteiger partial charge in [0.2, 0.25) is 0 Å². The Morgan fingerprint density at radius 1 is 1.45 bits per heavy atom. The highest BCUT2D eigenvalue weighted by molar-refractivity contribution is 5.81. The van der Waals surface area contributed by atoms with Gasteiger partial charge in [0.25, 0.3) is 5.91 Å². The van der Waals surface area contributed by atoms with Crippen LogP contribution in [0.4, 0.5) is 8.78 Å². The number of hydrogen-bond donors (Lipinski definition) is 1. The highest BCUT2D eigenvalue weighted by atomic mass is 19.2. The average Bonchev–Trinajstić information content (AvgIpc) is 2.51. The topological polar surface area (TPSA) is 41.6 Å². The van der Waals surface area contributed by atoms with Gasteiger partial charge in [0.15, 0.2) is 17.7 Å². The molecule has 1 aliphatic rings. The number of piperidine rings is 1. The van der Waals surface area contributed by atoms with Gasteiger partial charge in [0.1, 0.15) is 5.75 Å². The summed E-state index contributed by atoms with van der Waals surface area (Å²) in [6.45, 7) is 3.92. The van der Waals surface area contributed by atoms with Crippen LogP contribution in [0.3, 0.4) is 0 Å². The Morgan fingerprint density at radius 2 is 2.23 bits per heavy atom. The monoisotopic (exact) mass is 312 g/mol. The number of amides is 1. The fourth-order valence-electron chi connectivity index (χ4n) is 2.78. The number of nitrogens with zero attached hydrogens (tertiary/aromatic N) is 1. The molecule has 2 rings (SSSR count). The number of carbonyl (C=O) groups excluding carboxylic acids is 1. The van der Waals surface area contributed by atoms with Gasteiger partial charge in [-0.1, -0.05) is 0 Å². The molecule has 0 aromatic heterocycles. The molecule has 0 bridgehead atoms. The van der Waals surface area contributed by atoms with Crippen LogP contribution in [-0.2, 0) is 4.79 Å². The smallest absolute Gasteiger partial charge is 0.263 e. The third-order valence-electron chi connectivity index (χ3n) is 3.88. The van der Waals surface area contributed by atoms with E-state index in [1.807, 2.05) is 7.05 Å². The van der Waals surface area contributed by atoms with Gasteiger partial charge >= 0.3 is 0 Å². The molecular weight excluding hydrogens is 290 g/mol. The molecule has 2 unspecified atom stereocenters. The molecule has 122 valence electrons. The zero-order valence-corrected chi connectivity index (χ0v) is 12.9. The van der Waals surface area contributed by atoms with Crippen LogP contribution in [0.2, 0.25) is 0 Å². The second-order valence-electron chi connectivity index (χ2n) is 5.69. The SMILES string of the molecule is CNCC1CCCN(C(=O)C(C)Oc2ccc(F)c(F)c2)C1. The molecular formula is C16H22F2N2O2. The molecule has 0 radical (unpaired) electrons. The Balaban J connectivity index is 1.94. The molecule has 6 heteroatoms. The molecule has 1 aromatic rings. The van der Waals surface area contributed by atoms with E-state index in [-0.39, 0.29) is 11.7 Å². The largest absolute Gasteiger partial charge is 0.481 e. The minimum absolute atomic E-state index is 0.120. The predicted molar refractivity (Wildman–Crippen MR) is 79.7 cm³/mol. The molecule has 1 aliphatic heterocycles. The first kappa shape index (κ1) is 16.7. The van der Waals surface area contributed by atoms with Crippen molar-refractivity contribution in [2.24, 2.45) is 5.92 Å². The third-order valence-corrected chi connectivity index (χ3v) is 3.88. The molecule has 1 heterocycles. The van der Waals surface area contributed by atoms with Gasteiger partial charge in [-0.05, 0) is 51.4 Å². The number of benzene rings is 1. The molecule has 4 nitrogen and oxygen atoms in total. The number of carbonyl (C=O) groups is 1. The van der Waals surface area contributed by atoms with Crippen LogP contribution in [0.25, 0.3) is 0 Å². The maximum absolute atomic E-state index is 13.2. The first-order chi connectivity index (χ1) is 10.5. The Labute approximate surface area is 129 Å². The van der Waals surface area contributed by atoms with Crippen molar-refractivity contribution >= 4 is 5.91 Å². The number of likely N-dealkylation sites (tertiary alicyclic amines) is 1. The van der Waals surface area contributed by atoms with Gasteiger partial charge in [-0.15, -0.1) is 0 Å². The van der Waals surface area contributed by atoms with Crippen LogP contribution >= 0.6 is 0 Å². The highest BCUT2D eigenvalue weighted by Gasteiger charge is 2.27. The summed E-state index contributed by atoms with van der Waals surface area (Å²) in [6, 6.07) is 3.27. The number of rotatable bonds is 5. The first-order valence-corrected chi connectivity index (χ1v) is 7.56. The summed E-state index contributed by atoms with van der Waals surface area (Å²) in [4.78, 5) is 14.2. The van der Waals surface area contributed by atoms with E-state index < -0.39 is 17.7 Å². The first-order valence-electron chi connectivity index (χ1n) is 7.56. The number of halogens is 2. The van der Waals surface area contributed by atoms with Crippen molar-refractivity contribution in [2.45, 2.75) is 25.9 Å². The molecule has 1 N–H and O–H groups in total. The lowest BCUT2D eigenvalue weighted by atomic mass is 9.97. The zero-order valence-electron chi connectivity index (χ0n) is 12.9. The fraction of sp³-hybridized carbons (Fsp3) is 0.562. The number of hydrogen-bond acceptors (Lipinski definition) is 3. The van der Waals surface area contributed by atoms with E-state index in [1.165, 1.54) is 6.07 Å². The maximum atomic E-state index is 13.2. The summed E-state index contributed by atoms with van der Waals surface area (Å²) in [5, 5.41) is 3.13. The van der Waals surface area contributed by atoms with E-state index >= 15 is 0 Å². The minimum Gasteiger partial charge on any atom is -0.481 e.